The molecular formula is C20H24N6O3S. The first kappa shape index (κ1) is 20.5. The van der Waals surface area contributed by atoms with Gasteiger partial charge in [0.2, 0.25) is 5.13 Å². The number of aliphatic hydroxyl groups excluding tert-OH is 1. The Labute approximate surface area is 178 Å². The maximum absolute atomic E-state index is 9.86. The van der Waals surface area contributed by atoms with Crippen molar-refractivity contribution in [3.05, 3.63) is 36.7 Å². The second-order valence-electron chi connectivity index (χ2n) is 6.97. The molecular weight excluding hydrogens is 404 g/mol. The first-order chi connectivity index (χ1) is 14.6. The van der Waals surface area contributed by atoms with E-state index in [1.807, 2.05) is 24.3 Å². The van der Waals surface area contributed by atoms with Crippen LogP contribution >= 0.6 is 11.5 Å². The standard InChI is InChI=1S/C20H24N6O3S/c1-13(27)26(2)17-4-3-9-21-19(17)24-20-23-18(25-30-20)16-6-5-15(12-22-16)29-14-7-10-28-11-8-14/h3-6,9,12-14,27H,7-8,10-11H2,1-2H3,(H,21,23,24,25). The lowest BCUT2D eigenvalue weighted by atomic mass is 10.1. The summed E-state index contributed by atoms with van der Waals surface area (Å²) >= 11 is 1.22. The van der Waals surface area contributed by atoms with E-state index in [0.717, 1.165) is 37.5 Å². The first-order valence-corrected chi connectivity index (χ1v) is 10.5. The predicted octanol–water partition coefficient (Wildman–Crippen LogP) is 3.07. The van der Waals surface area contributed by atoms with E-state index >= 15 is 0 Å². The van der Waals surface area contributed by atoms with E-state index in [-0.39, 0.29) is 6.10 Å². The van der Waals surface area contributed by atoms with Crippen LogP contribution in [0.1, 0.15) is 19.8 Å². The Bertz CT molecular complexity index is 959. The topological polar surface area (TPSA) is 106 Å². The molecule has 0 spiro atoms. The van der Waals surface area contributed by atoms with E-state index < -0.39 is 6.23 Å². The van der Waals surface area contributed by atoms with E-state index in [1.54, 1.807) is 31.3 Å². The average molecular weight is 429 g/mol. The fourth-order valence-corrected chi connectivity index (χ4v) is 3.60. The summed E-state index contributed by atoms with van der Waals surface area (Å²) in [5, 5.41) is 13.6. The summed E-state index contributed by atoms with van der Waals surface area (Å²) in [5.41, 5.74) is 1.43. The maximum atomic E-state index is 9.86. The zero-order valence-electron chi connectivity index (χ0n) is 16.9. The molecule has 2 N–H and O–H groups in total. The third-order valence-corrected chi connectivity index (χ3v) is 5.45. The predicted molar refractivity (Wildman–Crippen MR) is 115 cm³/mol. The van der Waals surface area contributed by atoms with Gasteiger partial charge in [-0.3, -0.25) is 0 Å². The zero-order valence-corrected chi connectivity index (χ0v) is 17.7. The summed E-state index contributed by atoms with van der Waals surface area (Å²) in [6.07, 6.45) is 4.70. The number of pyridine rings is 2. The minimum absolute atomic E-state index is 0.173. The van der Waals surface area contributed by atoms with Crippen LogP contribution in [0.5, 0.6) is 5.75 Å². The zero-order chi connectivity index (χ0) is 20.9. The first-order valence-electron chi connectivity index (χ1n) is 9.77. The van der Waals surface area contributed by atoms with Crippen molar-refractivity contribution in [2.75, 3.05) is 30.5 Å². The van der Waals surface area contributed by atoms with E-state index in [4.69, 9.17) is 9.47 Å². The van der Waals surface area contributed by atoms with Crippen molar-refractivity contribution >= 4 is 28.2 Å². The lowest BCUT2D eigenvalue weighted by Crippen LogP contribution is -2.28. The fraction of sp³-hybridized carbons (Fsp3) is 0.400. The van der Waals surface area contributed by atoms with Crippen LogP contribution in [0.4, 0.5) is 16.6 Å². The molecule has 158 valence electrons. The lowest BCUT2D eigenvalue weighted by Gasteiger charge is -2.24. The summed E-state index contributed by atoms with van der Waals surface area (Å²) < 4.78 is 15.7. The smallest absolute Gasteiger partial charge is 0.208 e. The Morgan fingerprint density at radius 1 is 1.27 bits per heavy atom. The molecule has 9 nitrogen and oxygen atoms in total. The molecule has 1 fully saturated rings. The Hall–Kier alpha value is -2.82. The van der Waals surface area contributed by atoms with Crippen molar-refractivity contribution in [3.63, 3.8) is 0 Å². The second-order valence-corrected chi connectivity index (χ2v) is 7.72. The van der Waals surface area contributed by atoms with Crippen molar-refractivity contribution < 1.29 is 14.6 Å². The molecule has 1 aliphatic heterocycles. The van der Waals surface area contributed by atoms with Gasteiger partial charge in [-0.1, -0.05) is 0 Å². The van der Waals surface area contributed by atoms with Gasteiger partial charge in [0.25, 0.3) is 0 Å². The Morgan fingerprint density at radius 3 is 2.83 bits per heavy atom. The van der Waals surface area contributed by atoms with Gasteiger partial charge in [0.15, 0.2) is 11.6 Å². The average Bonchev–Trinajstić information content (AvgIpc) is 3.23. The molecule has 4 heterocycles. The molecule has 1 saturated heterocycles. The van der Waals surface area contributed by atoms with Crippen LogP contribution in [-0.2, 0) is 4.74 Å². The van der Waals surface area contributed by atoms with E-state index in [2.05, 4.69) is 24.6 Å². The number of hydrogen-bond donors (Lipinski definition) is 2. The molecule has 3 aromatic heterocycles. The van der Waals surface area contributed by atoms with Gasteiger partial charge in [-0.05, 0) is 31.2 Å². The van der Waals surface area contributed by atoms with Crippen molar-refractivity contribution in [1.29, 1.82) is 0 Å². The second kappa shape index (κ2) is 9.33. The van der Waals surface area contributed by atoms with E-state index in [1.165, 1.54) is 11.5 Å². The molecule has 30 heavy (non-hydrogen) atoms. The molecule has 0 radical (unpaired) electrons. The third kappa shape index (κ3) is 4.84. The molecule has 0 bridgehead atoms. The molecule has 3 aromatic rings. The quantitative estimate of drug-likeness (QED) is 0.549. The van der Waals surface area contributed by atoms with Gasteiger partial charge in [-0.15, -0.1) is 0 Å². The van der Waals surface area contributed by atoms with Gasteiger partial charge < -0.3 is 24.8 Å². The molecule has 1 unspecified atom stereocenters. The van der Waals surface area contributed by atoms with Gasteiger partial charge in [-0.25, -0.2) is 9.97 Å². The SMILES string of the molecule is CC(O)N(C)c1cccnc1Nc1nc(-c2ccc(OC3CCOCC3)cn2)ns1. The van der Waals surface area contributed by atoms with Crippen LogP contribution in [0.3, 0.4) is 0 Å². The number of hydrogen-bond acceptors (Lipinski definition) is 10. The van der Waals surface area contributed by atoms with Gasteiger partial charge in [0.05, 0.1) is 25.1 Å². The number of ether oxygens (including phenoxy) is 2. The largest absolute Gasteiger partial charge is 0.489 e. The Kier molecular flexibility index (Phi) is 6.36. The van der Waals surface area contributed by atoms with Gasteiger partial charge in [-0.2, -0.15) is 9.36 Å². The third-order valence-electron chi connectivity index (χ3n) is 4.81. The number of rotatable bonds is 7. The Balaban J connectivity index is 1.44. The van der Waals surface area contributed by atoms with Gasteiger partial charge in [0, 0.05) is 37.6 Å². The summed E-state index contributed by atoms with van der Waals surface area (Å²) in [6.45, 7) is 3.17. The summed E-state index contributed by atoms with van der Waals surface area (Å²) in [4.78, 5) is 15.0. The molecule has 10 heteroatoms. The molecule has 4 rings (SSSR count). The highest BCUT2D eigenvalue weighted by Gasteiger charge is 2.17. The van der Waals surface area contributed by atoms with Crippen LogP contribution in [0.15, 0.2) is 36.7 Å². The molecule has 0 aromatic carbocycles. The molecule has 1 atom stereocenters. The minimum atomic E-state index is -0.647. The number of nitrogens with one attached hydrogen (secondary N) is 1. The fourth-order valence-electron chi connectivity index (χ4n) is 3.03. The van der Waals surface area contributed by atoms with Crippen LogP contribution in [-0.4, -0.2) is 57.0 Å². The summed E-state index contributed by atoms with van der Waals surface area (Å²) in [7, 11) is 1.80. The summed E-state index contributed by atoms with van der Waals surface area (Å²) in [6, 6.07) is 7.44. The molecule has 0 aliphatic carbocycles. The molecule has 0 amide bonds. The van der Waals surface area contributed by atoms with E-state index in [0.29, 0.717) is 22.5 Å². The minimum Gasteiger partial charge on any atom is -0.489 e. The van der Waals surface area contributed by atoms with Crippen molar-refractivity contribution in [2.45, 2.75) is 32.1 Å². The normalized spacial score (nSPS) is 15.6. The monoisotopic (exact) mass is 428 g/mol. The highest BCUT2D eigenvalue weighted by atomic mass is 32.1. The van der Waals surface area contributed by atoms with E-state index in [9.17, 15) is 5.11 Å². The highest BCUT2D eigenvalue weighted by molar-refractivity contribution is 7.09. The highest BCUT2D eigenvalue weighted by Crippen LogP contribution is 2.29. The Morgan fingerprint density at radius 2 is 2.10 bits per heavy atom. The van der Waals surface area contributed by atoms with Crippen molar-refractivity contribution in [3.8, 4) is 17.3 Å². The van der Waals surface area contributed by atoms with Crippen molar-refractivity contribution in [2.24, 2.45) is 0 Å². The van der Waals surface area contributed by atoms with Crippen LogP contribution < -0.4 is 15.0 Å². The van der Waals surface area contributed by atoms with Gasteiger partial charge >= 0.3 is 0 Å². The van der Waals surface area contributed by atoms with Crippen molar-refractivity contribution in [1.82, 2.24) is 19.3 Å². The van der Waals surface area contributed by atoms with Gasteiger partial charge in [0.1, 0.15) is 23.8 Å². The maximum Gasteiger partial charge on any atom is 0.208 e. The summed E-state index contributed by atoms with van der Waals surface area (Å²) in [5.74, 6) is 1.86. The number of anilines is 3. The van der Waals surface area contributed by atoms with Crippen LogP contribution in [0.25, 0.3) is 11.5 Å². The molecule has 0 saturated carbocycles. The molecule has 1 aliphatic rings. The number of aliphatic hydroxyl groups is 1. The van der Waals surface area contributed by atoms with Crippen LogP contribution in [0, 0.1) is 0 Å². The number of nitrogens with zero attached hydrogens (tertiary/aromatic N) is 5. The number of aromatic nitrogens is 4. The van der Waals surface area contributed by atoms with Crippen LogP contribution in [0.2, 0.25) is 0 Å². The lowest BCUT2D eigenvalue weighted by molar-refractivity contribution is 0.0254.